The Hall–Kier alpha value is -0.940. The molecule has 2 heterocycles. The van der Waals surface area contributed by atoms with E-state index in [9.17, 15) is 4.79 Å². The largest absolute Gasteiger partial charge is 0.294 e. The molecule has 0 amide bonds. The zero-order valence-corrected chi connectivity index (χ0v) is 12.4. The van der Waals surface area contributed by atoms with E-state index in [0.29, 0.717) is 6.42 Å². The summed E-state index contributed by atoms with van der Waals surface area (Å²) in [5.74, 6) is 0.141. The Morgan fingerprint density at radius 3 is 2.65 bits per heavy atom. The maximum atomic E-state index is 12.2. The molecule has 0 N–H and O–H groups in total. The molecule has 0 aliphatic rings. The lowest BCUT2D eigenvalue weighted by molar-refractivity contribution is 0.0992. The second kappa shape index (κ2) is 4.74. The molecule has 2 aromatic heterocycles. The predicted octanol–water partition coefficient (Wildman–Crippen LogP) is 3.29. The Labute approximate surface area is 113 Å². The number of rotatable bonds is 3. The van der Waals surface area contributed by atoms with Crippen molar-refractivity contribution in [3.8, 4) is 0 Å². The van der Waals surface area contributed by atoms with Gasteiger partial charge in [-0.15, -0.1) is 11.3 Å². The lowest BCUT2D eigenvalue weighted by Crippen LogP contribution is -2.05. The van der Waals surface area contributed by atoms with Crippen molar-refractivity contribution < 1.29 is 4.79 Å². The molecule has 0 unspecified atom stereocenters. The fourth-order valence-corrected chi connectivity index (χ4v) is 3.35. The molecule has 5 heteroatoms. The number of nitrogens with zero attached hydrogens (tertiary/aromatic N) is 2. The molecular weight excluding hydrogens is 300 g/mol. The quantitative estimate of drug-likeness (QED) is 0.815. The fraction of sp³-hybridized carbons (Fsp3) is 0.333. The molecule has 0 saturated carbocycles. The highest BCUT2D eigenvalue weighted by Gasteiger charge is 2.17. The van der Waals surface area contributed by atoms with Gasteiger partial charge in [0.05, 0.1) is 15.0 Å². The van der Waals surface area contributed by atoms with Gasteiger partial charge in [0.2, 0.25) is 0 Å². The van der Waals surface area contributed by atoms with Gasteiger partial charge in [-0.2, -0.15) is 5.10 Å². The number of ketones is 1. The van der Waals surface area contributed by atoms with Gasteiger partial charge in [-0.3, -0.25) is 9.48 Å². The molecule has 0 saturated heterocycles. The molecule has 0 spiro atoms. The van der Waals surface area contributed by atoms with E-state index in [-0.39, 0.29) is 5.78 Å². The van der Waals surface area contributed by atoms with E-state index in [0.717, 1.165) is 25.6 Å². The summed E-state index contributed by atoms with van der Waals surface area (Å²) >= 11 is 5.00. The summed E-state index contributed by atoms with van der Waals surface area (Å²) in [7, 11) is 1.86. The van der Waals surface area contributed by atoms with E-state index in [1.165, 1.54) is 0 Å². The molecule has 0 fully saturated rings. The van der Waals surface area contributed by atoms with Gasteiger partial charge in [-0.25, -0.2) is 0 Å². The molecule has 0 radical (unpaired) electrons. The van der Waals surface area contributed by atoms with Crippen LogP contribution in [0.1, 0.15) is 26.6 Å². The van der Waals surface area contributed by atoms with Crippen LogP contribution in [0.3, 0.4) is 0 Å². The number of aromatic nitrogens is 2. The van der Waals surface area contributed by atoms with Crippen LogP contribution in [0.25, 0.3) is 0 Å². The predicted molar refractivity (Wildman–Crippen MR) is 72.7 cm³/mol. The summed E-state index contributed by atoms with van der Waals surface area (Å²) in [4.78, 5) is 13.3. The number of carbonyl (C=O) groups excluding carboxylic acids is 1. The van der Waals surface area contributed by atoms with Gasteiger partial charge in [-0.05, 0) is 41.9 Å². The van der Waals surface area contributed by atoms with E-state index in [1.54, 1.807) is 16.0 Å². The Morgan fingerprint density at radius 2 is 2.18 bits per heavy atom. The highest BCUT2D eigenvalue weighted by Crippen LogP contribution is 2.24. The minimum atomic E-state index is 0.141. The van der Waals surface area contributed by atoms with Crippen LogP contribution in [0.5, 0.6) is 0 Å². The summed E-state index contributed by atoms with van der Waals surface area (Å²) < 4.78 is 2.81. The third-order valence-corrected chi connectivity index (χ3v) is 4.38. The maximum absolute atomic E-state index is 12.2. The van der Waals surface area contributed by atoms with Gasteiger partial charge in [0.25, 0.3) is 0 Å². The monoisotopic (exact) mass is 312 g/mol. The van der Waals surface area contributed by atoms with Gasteiger partial charge >= 0.3 is 0 Å². The number of halogens is 1. The fourth-order valence-electron chi connectivity index (χ4n) is 1.87. The molecule has 17 heavy (non-hydrogen) atoms. The zero-order valence-electron chi connectivity index (χ0n) is 9.95. The molecule has 2 rings (SSSR count). The first-order valence-electron chi connectivity index (χ1n) is 5.26. The molecular formula is C12H13BrN2OS. The minimum Gasteiger partial charge on any atom is -0.294 e. The van der Waals surface area contributed by atoms with Crippen LogP contribution >= 0.6 is 27.3 Å². The van der Waals surface area contributed by atoms with Crippen molar-refractivity contribution in [1.29, 1.82) is 0 Å². The first kappa shape index (κ1) is 12.5. The van der Waals surface area contributed by atoms with Crippen LogP contribution in [0.15, 0.2) is 15.9 Å². The van der Waals surface area contributed by atoms with Crippen molar-refractivity contribution in [2.75, 3.05) is 0 Å². The van der Waals surface area contributed by atoms with Gasteiger partial charge < -0.3 is 0 Å². The first-order valence-corrected chi connectivity index (χ1v) is 6.87. The molecule has 0 aliphatic carbocycles. The zero-order chi connectivity index (χ0) is 12.6. The van der Waals surface area contributed by atoms with Gasteiger partial charge in [0.1, 0.15) is 0 Å². The Balaban J connectivity index is 2.26. The van der Waals surface area contributed by atoms with E-state index in [1.807, 2.05) is 33.0 Å². The SMILES string of the molecule is Cc1nn(C)c(C)c1C(=O)Cc1ccc(Br)s1. The summed E-state index contributed by atoms with van der Waals surface area (Å²) in [6, 6.07) is 3.95. The summed E-state index contributed by atoms with van der Waals surface area (Å²) in [5.41, 5.74) is 2.51. The molecule has 3 nitrogen and oxygen atoms in total. The summed E-state index contributed by atoms with van der Waals surface area (Å²) in [6.45, 7) is 3.81. The number of aryl methyl sites for hydroxylation is 2. The molecule has 2 aromatic rings. The molecule has 0 atom stereocenters. The van der Waals surface area contributed by atoms with Crippen LogP contribution in [-0.2, 0) is 13.5 Å². The van der Waals surface area contributed by atoms with Crippen molar-refractivity contribution in [2.24, 2.45) is 7.05 Å². The van der Waals surface area contributed by atoms with Crippen LogP contribution in [0.2, 0.25) is 0 Å². The van der Waals surface area contributed by atoms with Crippen molar-refractivity contribution in [2.45, 2.75) is 20.3 Å². The van der Waals surface area contributed by atoms with Gasteiger partial charge in [-0.1, -0.05) is 0 Å². The third kappa shape index (κ3) is 2.50. The second-order valence-corrected chi connectivity index (χ2v) is 6.52. The van der Waals surface area contributed by atoms with E-state index < -0.39 is 0 Å². The summed E-state index contributed by atoms with van der Waals surface area (Å²) in [6.07, 6.45) is 0.448. The molecule has 90 valence electrons. The lowest BCUT2D eigenvalue weighted by Gasteiger charge is -1.99. The van der Waals surface area contributed by atoms with Crippen LogP contribution in [0, 0.1) is 13.8 Å². The normalized spacial score (nSPS) is 10.8. The van der Waals surface area contributed by atoms with E-state index >= 15 is 0 Å². The molecule has 0 aliphatic heterocycles. The average Bonchev–Trinajstić information content (AvgIpc) is 2.73. The van der Waals surface area contributed by atoms with Crippen molar-refractivity contribution in [1.82, 2.24) is 9.78 Å². The Bertz CT molecular complexity index is 571. The highest BCUT2D eigenvalue weighted by molar-refractivity contribution is 9.11. The van der Waals surface area contributed by atoms with E-state index in [2.05, 4.69) is 21.0 Å². The van der Waals surface area contributed by atoms with Gasteiger partial charge in [0, 0.05) is 24.0 Å². The first-order chi connectivity index (χ1) is 7.99. The van der Waals surface area contributed by atoms with Crippen LogP contribution in [0.4, 0.5) is 0 Å². The summed E-state index contributed by atoms with van der Waals surface area (Å²) in [5, 5.41) is 4.27. The van der Waals surface area contributed by atoms with Crippen LogP contribution < -0.4 is 0 Å². The molecule has 0 bridgehead atoms. The van der Waals surface area contributed by atoms with E-state index in [4.69, 9.17) is 0 Å². The van der Waals surface area contributed by atoms with Gasteiger partial charge in [0.15, 0.2) is 5.78 Å². The van der Waals surface area contributed by atoms with Crippen molar-refractivity contribution >= 4 is 33.0 Å². The lowest BCUT2D eigenvalue weighted by atomic mass is 10.1. The minimum absolute atomic E-state index is 0.141. The van der Waals surface area contributed by atoms with Crippen LogP contribution in [-0.4, -0.2) is 15.6 Å². The highest BCUT2D eigenvalue weighted by atomic mass is 79.9. The number of carbonyl (C=O) groups is 1. The Morgan fingerprint density at radius 1 is 1.47 bits per heavy atom. The smallest absolute Gasteiger partial charge is 0.171 e. The number of Topliss-reactive ketones (excluding diaryl/α,β-unsaturated/α-hetero) is 1. The number of hydrogen-bond donors (Lipinski definition) is 0. The third-order valence-electron chi connectivity index (χ3n) is 2.75. The number of thiophene rings is 1. The standard InChI is InChI=1S/C12H13BrN2OS/c1-7-12(8(2)15(3)14-7)10(16)6-9-4-5-11(13)17-9/h4-5H,6H2,1-3H3. The Kier molecular flexibility index (Phi) is 3.49. The van der Waals surface area contributed by atoms with Crippen molar-refractivity contribution in [3.05, 3.63) is 37.7 Å². The molecule has 0 aromatic carbocycles. The maximum Gasteiger partial charge on any atom is 0.171 e. The number of hydrogen-bond acceptors (Lipinski definition) is 3. The topological polar surface area (TPSA) is 34.9 Å². The second-order valence-electron chi connectivity index (χ2n) is 3.98. The average molecular weight is 313 g/mol. The van der Waals surface area contributed by atoms with Crippen molar-refractivity contribution in [3.63, 3.8) is 0 Å².